The molecule has 1 unspecified atom stereocenters. The van der Waals surface area contributed by atoms with E-state index in [4.69, 9.17) is 4.74 Å². The molecule has 5 rings (SSSR count). The number of benzene rings is 2. The highest BCUT2D eigenvalue weighted by Crippen LogP contribution is 2.51. The molecule has 3 aromatic rings. The van der Waals surface area contributed by atoms with Gasteiger partial charge in [0.25, 0.3) is 0 Å². The number of aromatic nitrogens is 1. The first-order valence-electron chi connectivity index (χ1n) is 10.7. The van der Waals surface area contributed by atoms with Crippen LogP contribution in [0, 0.1) is 5.41 Å². The lowest BCUT2D eigenvalue weighted by Crippen LogP contribution is -2.33. The van der Waals surface area contributed by atoms with E-state index in [-0.39, 0.29) is 22.9 Å². The Hall–Kier alpha value is -3.34. The normalized spacial score (nSPS) is 19.6. The molecule has 0 spiro atoms. The Morgan fingerprint density at radius 1 is 1.19 bits per heavy atom. The van der Waals surface area contributed by atoms with Crippen LogP contribution >= 0.6 is 0 Å². The minimum atomic E-state index is -0.248. The van der Waals surface area contributed by atoms with Crippen LogP contribution in [0.1, 0.15) is 50.7 Å². The average molecular weight is 415 g/mol. The van der Waals surface area contributed by atoms with Gasteiger partial charge >= 0.3 is 0 Å². The third-order valence-electron chi connectivity index (χ3n) is 6.23. The maximum absolute atomic E-state index is 13.5. The fourth-order valence-corrected chi connectivity index (χ4v) is 5.00. The molecule has 0 radical (unpaired) electrons. The summed E-state index contributed by atoms with van der Waals surface area (Å²) in [4.78, 5) is 18.0. The lowest BCUT2D eigenvalue weighted by atomic mass is 9.68. The van der Waals surface area contributed by atoms with E-state index >= 15 is 0 Å². The van der Waals surface area contributed by atoms with Crippen molar-refractivity contribution in [3.05, 3.63) is 71.1 Å². The number of pyridine rings is 1. The number of ether oxygens (including phenoxy) is 1. The predicted octanol–water partition coefficient (Wildman–Crippen LogP) is 5.54. The van der Waals surface area contributed by atoms with Crippen LogP contribution in [0.15, 0.2) is 59.9 Å². The van der Waals surface area contributed by atoms with Crippen molar-refractivity contribution in [2.45, 2.75) is 39.5 Å². The van der Waals surface area contributed by atoms with E-state index in [0.717, 1.165) is 45.4 Å². The highest BCUT2D eigenvalue weighted by molar-refractivity contribution is 6.04. The van der Waals surface area contributed by atoms with Crippen molar-refractivity contribution < 1.29 is 14.6 Å². The number of ketones is 1. The van der Waals surface area contributed by atoms with E-state index in [2.05, 4.69) is 36.3 Å². The van der Waals surface area contributed by atoms with E-state index < -0.39 is 0 Å². The number of anilines is 1. The van der Waals surface area contributed by atoms with Crippen molar-refractivity contribution in [2.24, 2.45) is 5.41 Å². The molecule has 1 aliphatic carbocycles. The number of allylic oxidation sites excluding steroid dienone is 2. The summed E-state index contributed by atoms with van der Waals surface area (Å²) in [6.45, 7) is 6.62. The van der Waals surface area contributed by atoms with Gasteiger partial charge in [0.2, 0.25) is 0 Å². The number of rotatable bonds is 3. The minimum absolute atomic E-state index is 0.0885. The molecule has 0 saturated heterocycles. The number of hydrogen-bond donors (Lipinski definition) is 2. The summed E-state index contributed by atoms with van der Waals surface area (Å²) in [6.07, 6.45) is 3.11. The van der Waals surface area contributed by atoms with Crippen molar-refractivity contribution in [1.29, 1.82) is 0 Å². The second-order valence-corrected chi connectivity index (χ2v) is 9.15. The Morgan fingerprint density at radius 3 is 2.84 bits per heavy atom. The highest BCUT2D eigenvalue weighted by atomic mass is 16.5. The van der Waals surface area contributed by atoms with Gasteiger partial charge < -0.3 is 15.2 Å². The van der Waals surface area contributed by atoms with Crippen LogP contribution in [0.25, 0.3) is 10.9 Å². The van der Waals surface area contributed by atoms with Crippen LogP contribution in [-0.2, 0) is 4.79 Å². The lowest BCUT2D eigenvalue weighted by Gasteiger charge is -2.40. The van der Waals surface area contributed by atoms with Crippen LogP contribution in [0.4, 0.5) is 5.69 Å². The molecule has 31 heavy (non-hydrogen) atoms. The Balaban J connectivity index is 1.79. The molecule has 5 heteroatoms. The molecular formula is C26H26N2O3. The molecule has 158 valence electrons. The van der Waals surface area contributed by atoms with Gasteiger partial charge in [-0.25, -0.2) is 0 Å². The molecule has 2 heterocycles. The maximum atomic E-state index is 13.5. The quantitative estimate of drug-likeness (QED) is 0.589. The number of nitrogens with one attached hydrogen (secondary N) is 1. The van der Waals surface area contributed by atoms with Gasteiger partial charge in [0.05, 0.1) is 12.1 Å². The SMILES string of the molecule is CCOc1cc(C2C3=C(CC(C)(C)CC3=O)Nc3ccc4ncccc4c32)ccc1O. The number of carbonyl (C=O) groups is 1. The lowest BCUT2D eigenvalue weighted by molar-refractivity contribution is -0.118. The van der Waals surface area contributed by atoms with E-state index in [1.807, 2.05) is 31.2 Å². The molecule has 0 saturated carbocycles. The number of aromatic hydroxyl groups is 1. The summed E-state index contributed by atoms with van der Waals surface area (Å²) >= 11 is 0. The van der Waals surface area contributed by atoms with Crippen molar-refractivity contribution in [2.75, 3.05) is 11.9 Å². The summed E-state index contributed by atoms with van der Waals surface area (Å²) in [5.41, 5.74) is 5.59. The van der Waals surface area contributed by atoms with E-state index in [1.54, 1.807) is 12.3 Å². The molecule has 2 N–H and O–H groups in total. The second-order valence-electron chi connectivity index (χ2n) is 9.15. The predicted molar refractivity (Wildman–Crippen MR) is 122 cm³/mol. The van der Waals surface area contributed by atoms with E-state index in [1.165, 1.54) is 0 Å². The third-order valence-corrected chi connectivity index (χ3v) is 6.23. The Bertz CT molecular complexity index is 1240. The first kappa shape index (κ1) is 19.6. The molecular weight excluding hydrogens is 388 g/mol. The fraction of sp³-hybridized carbons (Fsp3) is 0.308. The Kier molecular flexibility index (Phi) is 4.50. The molecule has 1 atom stereocenters. The van der Waals surface area contributed by atoms with E-state index in [0.29, 0.717) is 18.8 Å². The van der Waals surface area contributed by atoms with E-state index in [9.17, 15) is 9.90 Å². The van der Waals surface area contributed by atoms with Gasteiger partial charge in [0.1, 0.15) is 0 Å². The monoisotopic (exact) mass is 414 g/mol. The smallest absolute Gasteiger partial charge is 0.162 e. The number of carbonyl (C=O) groups excluding carboxylic acids is 1. The number of phenols is 1. The van der Waals surface area contributed by atoms with Crippen molar-refractivity contribution >= 4 is 22.4 Å². The van der Waals surface area contributed by atoms with Crippen molar-refractivity contribution in [3.8, 4) is 11.5 Å². The van der Waals surface area contributed by atoms with Gasteiger partial charge in [-0.05, 0) is 60.2 Å². The van der Waals surface area contributed by atoms with Gasteiger partial charge in [-0.1, -0.05) is 26.0 Å². The molecule has 0 fully saturated rings. The molecule has 1 aromatic heterocycles. The molecule has 5 nitrogen and oxygen atoms in total. The maximum Gasteiger partial charge on any atom is 0.162 e. The van der Waals surface area contributed by atoms with Gasteiger partial charge in [-0.2, -0.15) is 0 Å². The molecule has 1 aliphatic heterocycles. The summed E-state index contributed by atoms with van der Waals surface area (Å²) in [5, 5.41) is 14.9. The standard InChI is InChI=1S/C26H26N2O3/c1-4-31-22-12-15(7-10-20(22)29)23-24-16-6-5-11-27-17(16)8-9-18(24)28-19-13-26(2,3)14-21(30)25(19)23/h5-12,23,28-29H,4,13-14H2,1-3H3. The zero-order valence-corrected chi connectivity index (χ0v) is 18.0. The first-order valence-corrected chi connectivity index (χ1v) is 10.7. The van der Waals surface area contributed by atoms with Crippen molar-refractivity contribution in [3.63, 3.8) is 0 Å². The number of Topliss-reactive ketones (excluding diaryl/α,β-unsaturated/α-hetero) is 1. The third kappa shape index (κ3) is 3.25. The van der Waals surface area contributed by atoms with Crippen molar-refractivity contribution in [1.82, 2.24) is 4.98 Å². The average Bonchev–Trinajstić information content (AvgIpc) is 2.73. The fourth-order valence-electron chi connectivity index (χ4n) is 5.00. The number of phenolic OH excluding ortho intramolecular Hbond substituents is 1. The minimum Gasteiger partial charge on any atom is -0.504 e. The van der Waals surface area contributed by atoms with Crippen LogP contribution < -0.4 is 10.1 Å². The number of hydrogen-bond acceptors (Lipinski definition) is 5. The molecule has 2 aromatic carbocycles. The van der Waals surface area contributed by atoms with Crippen LogP contribution in [0.5, 0.6) is 11.5 Å². The van der Waals surface area contributed by atoms with Crippen LogP contribution in [-0.4, -0.2) is 22.5 Å². The first-order chi connectivity index (χ1) is 14.9. The zero-order chi connectivity index (χ0) is 21.8. The largest absolute Gasteiger partial charge is 0.504 e. The zero-order valence-electron chi connectivity index (χ0n) is 18.0. The number of fused-ring (bicyclic) bond motifs is 3. The van der Waals surface area contributed by atoms with Gasteiger partial charge in [0, 0.05) is 40.9 Å². The molecule has 2 aliphatic rings. The summed E-state index contributed by atoms with van der Waals surface area (Å²) in [6, 6.07) is 13.5. The highest BCUT2D eigenvalue weighted by Gasteiger charge is 2.41. The van der Waals surface area contributed by atoms with Gasteiger partial charge in [0.15, 0.2) is 17.3 Å². The van der Waals surface area contributed by atoms with Gasteiger partial charge in [-0.3, -0.25) is 9.78 Å². The Labute approximate surface area is 181 Å². The summed E-state index contributed by atoms with van der Waals surface area (Å²) in [5.74, 6) is 0.456. The topological polar surface area (TPSA) is 71.5 Å². The van der Waals surface area contributed by atoms with Gasteiger partial charge in [-0.15, -0.1) is 0 Å². The summed E-state index contributed by atoms with van der Waals surface area (Å²) < 4.78 is 5.66. The second kappa shape index (κ2) is 7.12. The molecule has 0 amide bonds. The summed E-state index contributed by atoms with van der Waals surface area (Å²) in [7, 11) is 0. The van der Waals surface area contributed by atoms with Crippen LogP contribution in [0.3, 0.4) is 0 Å². The number of nitrogens with zero attached hydrogens (tertiary/aromatic N) is 1. The Morgan fingerprint density at radius 2 is 2.03 bits per heavy atom. The van der Waals surface area contributed by atoms with Crippen LogP contribution in [0.2, 0.25) is 0 Å². The molecule has 0 bridgehead atoms.